The van der Waals surface area contributed by atoms with Gasteiger partial charge in [-0.2, -0.15) is 0 Å². The summed E-state index contributed by atoms with van der Waals surface area (Å²) in [6, 6.07) is 0. The van der Waals surface area contributed by atoms with E-state index < -0.39 is 5.97 Å². The summed E-state index contributed by atoms with van der Waals surface area (Å²) in [4.78, 5) is 21.8. The lowest BCUT2D eigenvalue weighted by molar-refractivity contribution is -0.145. The zero-order valence-electron chi connectivity index (χ0n) is 8.17. The molecule has 76 valence electrons. The second-order valence-electron chi connectivity index (χ2n) is 2.47. The van der Waals surface area contributed by atoms with E-state index in [-0.39, 0.29) is 18.6 Å². The first kappa shape index (κ1) is 12.1. The number of hydrogen-bond acceptors (Lipinski definition) is 4. The zero-order chi connectivity index (χ0) is 10.1. The first-order valence-corrected chi connectivity index (χ1v) is 4.45. The molecule has 4 nitrogen and oxygen atoms in total. The lowest BCUT2D eigenvalue weighted by atomic mass is 10.2. The normalized spacial score (nSPS) is 9.69. The quantitative estimate of drug-likeness (QED) is 0.339. The highest BCUT2D eigenvalue weighted by Gasteiger charge is 2.09. The average molecular weight is 188 g/mol. The van der Waals surface area contributed by atoms with Crippen molar-refractivity contribution in [1.29, 1.82) is 0 Å². The number of carbonyl (C=O) groups is 2. The molecule has 13 heavy (non-hydrogen) atoms. The highest BCUT2D eigenvalue weighted by Crippen LogP contribution is 1.94. The maximum absolute atomic E-state index is 11.0. The van der Waals surface area contributed by atoms with Crippen molar-refractivity contribution < 1.29 is 19.1 Å². The van der Waals surface area contributed by atoms with E-state index in [2.05, 4.69) is 4.74 Å². The van der Waals surface area contributed by atoms with E-state index in [1.54, 1.807) is 6.92 Å². The minimum Gasteiger partial charge on any atom is -0.466 e. The second kappa shape index (κ2) is 7.73. The summed E-state index contributed by atoms with van der Waals surface area (Å²) in [5, 5.41) is 0. The van der Waals surface area contributed by atoms with Gasteiger partial charge in [0, 0.05) is 13.0 Å². The molecule has 0 amide bonds. The van der Waals surface area contributed by atoms with Gasteiger partial charge in [-0.1, -0.05) is 0 Å². The minimum absolute atomic E-state index is 0.132. The van der Waals surface area contributed by atoms with E-state index in [0.29, 0.717) is 19.8 Å². The zero-order valence-corrected chi connectivity index (χ0v) is 8.17. The van der Waals surface area contributed by atoms with Gasteiger partial charge in [-0.25, -0.2) is 0 Å². The van der Waals surface area contributed by atoms with Crippen molar-refractivity contribution in [1.82, 2.24) is 0 Å². The van der Waals surface area contributed by atoms with E-state index in [4.69, 9.17) is 4.74 Å². The maximum Gasteiger partial charge on any atom is 0.313 e. The van der Waals surface area contributed by atoms with Crippen LogP contribution >= 0.6 is 0 Å². The van der Waals surface area contributed by atoms with Gasteiger partial charge in [0.05, 0.1) is 13.2 Å². The number of esters is 1. The van der Waals surface area contributed by atoms with Crippen molar-refractivity contribution in [3.8, 4) is 0 Å². The molecule has 0 aromatic heterocycles. The second-order valence-corrected chi connectivity index (χ2v) is 2.47. The average Bonchev–Trinajstić information content (AvgIpc) is 2.05. The third-order valence-electron chi connectivity index (χ3n) is 1.38. The van der Waals surface area contributed by atoms with Crippen LogP contribution in [0.5, 0.6) is 0 Å². The molecule has 0 aliphatic carbocycles. The molecule has 0 aliphatic heterocycles. The molecular weight excluding hydrogens is 172 g/mol. The van der Waals surface area contributed by atoms with E-state index in [0.717, 1.165) is 0 Å². The van der Waals surface area contributed by atoms with Crippen LogP contribution in [0.2, 0.25) is 0 Å². The van der Waals surface area contributed by atoms with E-state index in [1.807, 2.05) is 6.92 Å². The van der Waals surface area contributed by atoms with Crippen molar-refractivity contribution in [2.75, 3.05) is 19.8 Å². The van der Waals surface area contributed by atoms with Crippen LogP contribution in [0.15, 0.2) is 0 Å². The summed E-state index contributed by atoms with van der Waals surface area (Å²) in [6.07, 6.45) is 0.146. The molecule has 0 bridgehead atoms. The fourth-order valence-corrected chi connectivity index (χ4v) is 0.792. The molecule has 0 heterocycles. The molecule has 0 rings (SSSR count). The van der Waals surface area contributed by atoms with Gasteiger partial charge in [0.15, 0.2) is 0 Å². The van der Waals surface area contributed by atoms with Crippen molar-refractivity contribution >= 4 is 11.8 Å². The SMILES string of the molecule is CCOCCC(=O)CC(=O)OCC. The van der Waals surface area contributed by atoms with Crippen LogP contribution in [-0.4, -0.2) is 31.6 Å². The number of carbonyl (C=O) groups excluding carboxylic acids is 2. The third kappa shape index (κ3) is 7.46. The van der Waals surface area contributed by atoms with Crippen molar-refractivity contribution in [2.45, 2.75) is 26.7 Å². The topological polar surface area (TPSA) is 52.6 Å². The Morgan fingerprint density at radius 3 is 2.38 bits per heavy atom. The first-order chi connectivity index (χ1) is 6.20. The summed E-state index contributed by atoms with van der Waals surface area (Å²) in [6.45, 7) is 4.86. The molecule has 0 fully saturated rings. The molecule has 0 saturated heterocycles. The van der Waals surface area contributed by atoms with Gasteiger partial charge in [-0.05, 0) is 13.8 Å². The van der Waals surface area contributed by atoms with E-state index in [9.17, 15) is 9.59 Å². The smallest absolute Gasteiger partial charge is 0.313 e. The van der Waals surface area contributed by atoms with E-state index in [1.165, 1.54) is 0 Å². The van der Waals surface area contributed by atoms with Crippen LogP contribution in [0.1, 0.15) is 26.7 Å². The van der Waals surface area contributed by atoms with Gasteiger partial charge in [0.1, 0.15) is 12.2 Å². The Bertz CT molecular complexity index is 165. The molecule has 0 aliphatic rings. The van der Waals surface area contributed by atoms with Crippen LogP contribution in [0.4, 0.5) is 0 Å². The molecule has 4 heteroatoms. The summed E-state index contributed by atoms with van der Waals surface area (Å²) >= 11 is 0. The summed E-state index contributed by atoms with van der Waals surface area (Å²) in [5.41, 5.74) is 0. The van der Waals surface area contributed by atoms with Gasteiger partial charge >= 0.3 is 5.97 Å². The predicted molar refractivity (Wildman–Crippen MR) is 47.4 cm³/mol. The molecule has 0 unspecified atom stereocenters. The van der Waals surface area contributed by atoms with E-state index >= 15 is 0 Å². The lowest BCUT2D eigenvalue weighted by Gasteiger charge is -2.01. The van der Waals surface area contributed by atoms with Gasteiger partial charge in [0.2, 0.25) is 0 Å². The molecule has 0 atom stereocenters. The highest BCUT2D eigenvalue weighted by atomic mass is 16.5. The third-order valence-corrected chi connectivity index (χ3v) is 1.38. The van der Waals surface area contributed by atoms with Crippen LogP contribution in [-0.2, 0) is 19.1 Å². The fourth-order valence-electron chi connectivity index (χ4n) is 0.792. The Hall–Kier alpha value is -0.900. The highest BCUT2D eigenvalue weighted by molar-refractivity contribution is 5.95. The standard InChI is InChI=1S/C9H16O4/c1-3-12-6-5-8(10)7-9(11)13-4-2/h3-7H2,1-2H3. The number of hydrogen-bond donors (Lipinski definition) is 0. The molecular formula is C9H16O4. The lowest BCUT2D eigenvalue weighted by Crippen LogP contribution is -2.12. The number of ether oxygens (including phenoxy) is 2. The van der Waals surface area contributed by atoms with Crippen molar-refractivity contribution in [3.63, 3.8) is 0 Å². The van der Waals surface area contributed by atoms with Gasteiger partial charge in [0.25, 0.3) is 0 Å². The fraction of sp³-hybridized carbons (Fsp3) is 0.778. The van der Waals surface area contributed by atoms with Crippen molar-refractivity contribution in [3.05, 3.63) is 0 Å². The molecule has 0 N–H and O–H groups in total. The van der Waals surface area contributed by atoms with Crippen LogP contribution in [0, 0.1) is 0 Å². The minimum atomic E-state index is -0.455. The number of rotatable bonds is 7. The van der Waals surface area contributed by atoms with Crippen molar-refractivity contribution in [2.24, 2.45) is 0 Å². The Kier molecular flexibility index (Phi) is 7.20. The Balaban J connectivity index is 3.44. The summed E-state index contributed by atoms with van der Waals surface area (Å²) < 4.78 is 9.59. The molecule has 0 aromatic carbocycles. The van der Waals surface area contributed by atoms with Gasteiger partial charge < -0.3 is 9.47 Å². The van der Waals surface area contributed by atoms with Crippen LogP contribution < -0.4 is 0 Å². The molecule has 0 saturated carbocycles. The predicted octanol–water partition coefficient (Wildman–Crippen LogP) is 0.935. The molecule has 0 spiro atoms. The summed E-state index contributed by atoms with van der Waals surface area (Å²) in [5.74, 6) is -0.587. The largest absolute Gasteiger partial charge is 0.466 e. The Labute approximate surface area is 78.2 Å². The van der Waals surface area contributed by atoms with Crippen LogP contribution in [0.25, 0.3) is 0 Å². The number of ketones is 1. The maximum atomic E-state index is 11.0. The van der Waals surface area contributed by atoms with Gasteiger partial charge in [-0.3, -0.25) is 9.59 Å². The van der Waals surface area contributed by atoms with Gasteiger partial charge in [-0.15, -0.1) is 0 Å². The molecule has 0 radical (unpaired) electrons. The molecule has 0 aromatic rings. The summed E-state index contributed by atoms with van der Waals surface area (Å²) in [7, 11) is 0. The first-order valence-electron chi connectivity index (χ1n) is 4.45. The monoisotopic (exact) mass is 188 g/mol. The Morgan fingerprint density at radius 1 is 1.15 bits per heavy atom. The van der Waals surface area contributed by atoms with Crippen LogP contribution in [0.3, 0.4) is 0 Å². The number of Topliss-reactive ketones (excluding diaryl/α,β-unsaturated/α-hetero) is 1. The Morgan fingerprint density at radius 2 is 1.85 bits per heavy atom.